The maximum absolute atomic E-state index is 8.98. The second kappa shape index (κ2) is 4.55. The van der Waals surface area contributed by atoms with Crippen LogP contribution in [-0.4, -0.2) is 24.4 Å². The lowest BCUT2D eigenvalue weighted by Crippen LogP contribution is -2.29. The molecule has 1 heterocycles. The van der Waals surface area contributed by atoms with E-state index in [1.54, 1.807) is 0 Å². The molecule has 2 rings (SSSR count). The minimum atomic E-state index is -0.318. The molecule has 3 heteroatoms. The number of aliphatic hydroxyl groups excluding tert-OH is 1. The zero-order chi connectivity index (χ0) is 9.80. The summed E-state index contributed by atoms with van der Waals surface area (Å²) in [7, 11) is 0. The Hall–Kier alpha value is -0.900. The lowest BCUT2D eigenvalue weighted by molar-refractivity contribution is -0.224. The largest absolute Gasteiger partial charge is 0.394 e. The summed E-state index contributed by atoms with van der Waals surface area (Å²) in [5, 5.41) is 8.98. The predicted molar refractivity (Wildman–Crippen MR) is 51.7 cm³/mol. The molecule has 1 aromatic rings. The van der Waals surface area contributed by atoms with Crippen LogP contribution in [0.4, 0.5) is 0 Å². The molecular formula is C11H14O3. The molecule has 0 amide bonds. The van der Waals surface area contributed by atoms with E-state index in [9.17, 15) is 0 Å². The molecule has 0 saturated carbocycles. The summed E-state index contributed by atoms with van der Waals surface area (Å²) < 4.78 is 11.0. The fraction of sp³-hybridized carbons (Fsp3) is 0.455. The van der Waals surface area contributed by atoms with Crippen LogP contribution in [0.25, 0.3) is 0 Å². The molecule has 0 spiro atoms. The quantitative estimate of drug-likeness (QED) is 0.775. The van der Waals surface area contributed by atoms with Crippen LogP contribution in [0.3, 0.4) is 0 Å². The van der Waals surface area contributed by atoms with Gasteiger partial charge < -0.3 is 14.6 Å². The van der Waals surface area contributed by atoms with Gasteiger partial charge in [0.25, 0.3) is 0 Å². The highest BCUT2D eigenvalue weighted by Crippen LogP contribution is 2.25. The van der Waals surface area contributed by atoms with E-state index in [2.05, 4.69) is 0 Å². The van der Waals surface area contributed by atoms with E-state index in [1.807, 2.05) is 30.3 Å². The summed E-state index contributed by atoms with van der Waals surface area (Å²) in [4.78, 5) is 0. The molecular weight excluding hydrogens is 180 g/mol. The zero-order valence-corrected chi connectivity index (χ0v) is 7.93. The third-order valence-electron chi connectivity index (χ3n) is 2.30. The van der Waals surface area contributed by atoms with Gasteiger partial charge in [-0.1, -0.05) is 30.3 Å². The van der Waals surface area contributed by atoms with Gasteiger partial charge in [0, 0.05) is 5.56 Å². The molecule has 0 bridgehead atoms. The lowest BCUT2D eigenvalue weighted by Gasteiger charge is -2.29. The monoisotopic (exact) mass is 194 g/mol. The maximum Gasteiger partial charge on any atom is 0.184 e. The van der Waals surface area contributed by atoms with Crippen molar-refractivity contribution in [3.8, 4) is 0 Å². The lowest BCUT2D eigenvalue weighted by atomic mass is 10.2. The van der Waals surface area contributed by atoms with Crippen molar-refractivity contribution in [3.63, 3.8) is 0 Å². The second-order valence-electron chi connectivity index (χ2n) is 3.34. The molecule has 0 radical (unpaired) electrons. The van der Waals surface area contributed by atoms with E-state index in [4.69, 9.17) is 14.6 Å². The Labute approximate surface area is 83.3 Å². The van der Waals surface area contributed by atoms with Gasteiger partial charge in [-0.2, -0.15) is 0 Å². The molecule has 0 aromatic heterocycles. The predicted octanol–water partition coefficient (Wildman–Crippen LogP) is 1.48. The average molecular weight is 194 g/mol. The molecule has 76 valence electrons. The van der Waals surface area contributed by atoms with Crippen molar-refractivity contribution in [2.75, 3.05) is 13.2 Å². The Kier molecular flexibility index (Phi) is 3.14. The van der Waals surface area contributed by atoms with Gasteiger partial charge in [0.05, 0.1) is 19.3 Å². The highest BCUT2D eigenvalue weighted by molar-refractivity contribution is 5.16. The van der Waals surface area contributed by atoms with E-state index in [-0.39, 0.29) is 19.0 Å². The van der Waals surface area contributed by atoms with Crippen LogP contribution in [-0.2, 0) is 9.47 Å². The number of hydrogen-bond donors (Lipinski definition) is 1. The molecule has 1 aliphatic rings. The zero-order valence-electron chi connectivity index (χ0n) is 7.93. The first-order chi connectivity index (χ1) is 6.90. The minimum absolute atomic E-state index is 0.0622. The van der Waals surface area contributed by atoms with Gasteiger partial charge in [0.15, 0.2) is 6.29 Å². The van der Waals surface area contributed by atoms with E-state index < -0.39 is 0 Å². The summed E-state index contributed by atoms with van der Waals surface area (Å²) in [6.07, 6.45) is 0.357. The summed E-state index contributed by atoms with van der Waals surface area (Å²) >= 11 is 0. The van der Waals surface area contributed by atoms with E-state index in [0.29, 0.717) is 6.61 Å². The summed E-state index contributed by atoms with van der Waals surface area (Å²) in [5.41, 5.74) is 1.01. The van der Waals surface area contributed by atoms with Crippen LogP contribution in [0.15, 0.2) is 30.3 Å². The van der Waals surface area contributed by atoms with Crippen LogP contribution in [0.2, 0.25) is 0 Å². The van der Waals surface area contributed by atoms with Crippen LogP contribution in [0.5, 0.6) is 0 Å². The molecule has 1 fully saturated rings. The average Bonchev–Trinajstić information content (AvgIpc) is 2.30. The van der Waals surface area contributed by atoms with Gasteiger partial charge in [-0.05, 0) is 6.42 Å². The number of benzene rings is 1. The molecule has 0 unspecified atom stereocenters. The first-order valence-corrected chi connectivity index (χ1v) is 4.83. The topological polar surface area (TPSA) is 38.7 Å². The minimum Gasteiger partial charge on any atom is -0.394 e. The van der Waals surface area contributed by atoms with Crippen molar-refractivity contribution in [3.05, 3.63) is 35.9 Å². The van der Waals surface area contributed by atoms with Crippen molar-refractivity contribution in [1.82, 2.24) is 0 Å². The normalized spacial score (nSPS) is 27.5. The SMILES string of the molecule is OC[C@H]1CCO[C@@H](c2ccccc2)O1. The fourth-order valence-corrected chi connectivity index (χ4v) is 1.51. The molecule has 3 nitrogen and oxygen atoms in total. The smallest absolute Gasteiger partial charge is 0.184 e. The van der Waals surface area contributed by atoms with Crippen LogP contribution >= 0.6 is 0 Å². The summed E-state index contributed by atoms with van der Waals surface area (Å²) in [6.45, 7) is 0.706. The number of hydrogen-bond acceptors (Lipinski definition) is 3. The Morgan fingerprint density at radius 3 is 2.79 bits per heavy atom. The molecule has 0 aliphatic carbocycles. The molecule has 1 saturated heterocycles. The van der Waals surface area contributed by atoms with E-state index in [0.717, 1.165) is 12.0 Å². The highest BCUT2D eigenvalue weighted by Gasteiger charge is 2.23. The van der Waals surface area contributed by atoms with Gasteiger partial charge in [0.2, 0.25) is 0 Å². The van der Waals surface area contributed by atoms with Crippen LogP contribution in [0, 0.1) is 0 Å². The third kappa shape index (κ3) is 2.12. The van der Waals surface area contributed by atoms with Gasteiger partial charge in [-0.3, -0.25) is 0 Å². The fourth-order valence-electron chi connectivity index (χ4n) is 1.51. The van der Waals surface area contributed by atoms with Gasteiger partial charge in [-0.25, -0.2) is 0 Å². The summed E-state index contributed by atoms with van der Waals surface area (Å²) in [5.74, 6) is 0. The molecule has 1 aliphatic heterocycles. The van der Waals surface area contributed by atoms with Crippen LogP contribution < -0.4 is 0 Å². The van der Waals surface area contributed by atoms with Crippen molar-refractivity contribution in [2.24, 2.45) is 0 Å². The molecule has 14 heavy (non-hydrogen) atoms. The Morgan fingerprint density at radius 2 is 2.07 bits per heavy atom. The Morgan fingerprint density at radius 1 is 1.29 bits per heavy atom. The van der Waals surface area contributed by atoms with Crippen molar-refractivity contribution in [2.45, 2.75) is 18.8 Å². The van der Waals surface area contributed by atoms with E-state index >= 15 is 0 Å². The van der Waals surface area contributed by atoms with Crippen molar-refractivity contribution >= 4 is 0 Å². The van der Waals surface area contributed by atoms with Gasteiger partial charge in [-0.15, -0.1) is 0 Å². The van der Waals surface area contributed by atoms with Crippen molar-refractivity contribution < 1.29 is 14.6 Å². The molecule has 1 aromatic carbocycles. The van der Waals surface area contributed by atoms with Gasteiger partial charge in [0.1, 0.15) is 0 Å². The number of ether oxygens (including phenoxy) is 2. The standard InChI is InChI=1S/C11H14O3/c12-8-10-6-7-13-11(14-10)9-4-2-1-3-5-9/h1-5,10-12H,6-8H2/t10-,11-/m1/s1. The first-order valence-electron chi connectivity index (χ1n) is 4.83. The molecule has 1 N–H and O–H groups in total. The van der Waals surface area contributed by atoms with Gasteiger partial charge >= 0.3 is 0 Å². The maximum atomic E-state index is 8.98. The Bertz CT molecular complexity index is 273. The number of aliphatic hydroxyl groups is 1. The first kappa shape index (κ1) is 9.65. The number of rotatable bonds is 2. The van der Waals surface area contributed by atoms with Crippen molar-refractivity contribution in [1.29, 1.82) is 0 Å². The summed E-state index contributed by atoms with van der Waals surface area (Å²) in [6, 6.07) is 9.78. The second-order valence-corrected chi connectivity index (χ2v) is 3.34. The third-order valence-corrected chi connectivity index (χ3v) is 2.30. The van der Waals surface area contributed by atoms with Crippen LogP contribution in [0.1, 0.15) is 18.3 Å². The van der Waals surface area contributed by atoms with E-state index in [1.165, 1.54) is 0 Å². The highest BCUT2D eigenvalue weighted by atomic mass is 16.7. The molecule has 2 atom stereocenters. The Balaban J connectivity index is 2.04.